The van der Waals surface area contributed by atoms with Crippen LogP contribution < -0.4 is 5.32 Å². The number of carbonyl (C=O) groups excluding carboxylic acids is 1. The second-order valence-electron chi connectivity index (χ2n) is 4.21. The number of rotatable bonds is 6. The maximum Gasteiger partial charge on any atom is 0.270 e. The SMILES string of the molecule is Cc1nc2ccc(Cl)cn2c1C(=O)NCCOCCO. The number of nitrogens with one attached hydrogen (secondary N) is 1. The molecule has 0 saturated heterocycles. The number of aromatic nitrogens is 2. The Balaban J connectivity index is 2.09. The summed E-state index contributed by atoms with van der Waals surface area (Å²) in [6.07, 6.45) is 1.66. The molecule has 6 nitrogen and oxygen atoms in total. The van der Waals surface area contributed by atoms with Crippen LogP contribution in [-0.2, 0) is 4.74 Å². The van der Waals surface area contributed by atoms with Crippen molar-refractivity contribution < 1.29 is 14.6 Å². The molecule has 0 aliphatic heterocycles. The van der Waals surface area contributed by atoms with Crippen LogP contribution >= 0.6 is 11.6 Å². The minimum absolute atomic E-state index is 0.0290. The van der Waals surface area contributed by atoms with Gasteiger partial charge in [-0.25, -0.2) is 4.98 Å². The molecule has 0 radical (unpaired) electrons. The third-order valence-electron chi connectivity index (χ3n) is 2.74. The van der Waals surface area contributed by atoms with E-state index >= 15 is 0 Å². The van der Waals surface area contributed by atoms with Gasteiger partial charge in [-0.05, 0) is 19.1 Å². The quantitative estimate of drug-likeness (QED) is 0.781. The van der Waals surface area contributed by atoms with E-state index in [4.69, 9.17) is 21.4 Å². The highest BCUT2D eigenvalue weighted by Crippen LogP contribution is 2.16. The van der Waals surface area contributed by atoms with Gasteiger partial charge in [-0.1, -0.05) is 11.6 Å². The highest BCUT2D eigenvalue weighted by Gasteiger charge is 2.16. The van der Waals surface area contributed by atoms with E-state index < -0.39 is 0 Å². The summed E-state index contributed by atoms with van der Waals surface area (Å²) in [5, 5.41) is 11.9. The molecule has 2 N–H and O–H groups in total. The number of aryl methyl sites for hydroxylation is 1. The maximum absolute atomic E-state index is 12.2. The van der Waals surface area contributed by atoms with Crippen molar-refractivity contribution in [2.75, 3.05) is 26.4 Å². The van der Waals surface area contributed by atoms with Crippen LogP contribution in [0.3, 0.4) is 0 Å². The monoisotopic (exact) mass is 297 g/mol. The minimum atomic E-state index is -0.232. The summed E-state index contributed by atoms with van der Waals surface area (Å²) in [4.78, 5) is 16.5. The van der Waals surface area contributed by atoms with Crippen molar-refractivity contribution in [3.8, 4) is 0 Å². The van der Waals surface area contributed by atoms with Crippen LogP contribution in [0.15, 0.2) is 18.3 Å². The molecule has 0 aliphatic rings. The number of imidazole rings is 1. The average Bonchev–Trinajstić information content (AvgIpc) is 2.73. The number of nitrogens with zero attached hydrogens (tertiary/aromatic N) is 2. The Hall–Kier alpha value is -1.63. The zero-order valence-corrected chi connectivity index (χ0v) is 11.9. The predicted molar refractivity (Wildman–Crippen MR) is 75.2 cm³/mol. The van der Waals surface area contributed by atoms with Crippen LogP contribution in [0.5, 0.6) is 0 Å². The van der Waals surface area contributed by atoms with Crippen LogP contribution in [0.4, 0.5) is 0 Å². The summed E-state index contributed by atoms with van der Waals surface area (Å²) < 4.78 is 6.75. The molecule has 108 valence electrons. The first-order valence-electron chi connectivity index (χ1n) is 6.24. The number of halogens is 1. The molecule has 2 heterocycles. The molecule has 2 aromatic heterocycles. The van der Waals surface area contributed by atoms with Gasteiger partial charge < -0.3 is 15.2 Å². The number of hydrogen-bond acceptors (Lipinski definition) is 4. The largest absolute Gasteiger partial charge is 0.394 e. The molecule has 0 atom stereocenters. The predicted octanol–water partition coefficient (Wildman–Crippen LogP) is 1.03. The minimum Gasteiger partial charge on any atom is -0.394 e. The Labute approximate surface area is 121 Å². The van der Waals surface area contributed by atoms with Crippen molar-refractivity contribution in [2.24, 2.45) is 0 Å². The number of pyridine rings is 1. The highest BCUT2D eigenvalue weighted by atomic mass is 35.5. The summed E-state index contributed by atoms with van der Waals surface area (Å²) >= 11 is 5.94. The topological polar surface area (TPSA) is 75.9 Å². The number of aliphatic hydroxyl groups excluding tert-OH is 1. The molecule has 0 spiro atoms. The standard InChI is InChI=1S/C13H16ClN3O3/c1-9-12(13(19)15-4-6-20-7-5-18)17-8-10(14)2-3-11(17)16-9/h2-3,8,18H,4-7H2,1H3,(H,15,19). The first-order chi connectivity index (χ1) is 9.63. The molecule has 0 fully saturated rings. The lowest BCUT2D eigenvalue weighted by Gasteiger charge is -2.06. The van der Waals surface area contributed by atoms with Crippen molar-refractivity contribution in [3.05, 3.63) is 34.7 Å². The van der Waals surface area contributed by atoms with Gasteiger partial charge in [0.05, 0.1) is 30.5 Å². The van der Waals surface area contributed by atoms with Crippen LogP contribution in [0, 0.1) is 6.92 Å². The molecular formula is C13H16ClN3O3. The van der Waals surface area contributed by atoms with Gasteiger partial charge in [0.15, 0.2) is 0 Å². The molecule has 0 aromatic carbocycles. The van der Waals surface area contributed by atoms with Gasteiger partial charge in [0, 0.05) is 12.7 Å². The fourth-order valence-electron chi connectivity index (χ4n) is 1.90. The summed E-state index contributed by atoms with van der Waals surface area (Å²) in [6, 6.07) is 3.49. The van der Waals surface area contributed by atoms with E-state index in [2.05, 4.69) is 10.3 Å². The Bertz CT molecular complexity index is 612. The van der Waals surface area contributed by atoms with E-state index in [1.165, 1.54) is 0 Å². The molecule has 2 aromatic rings. The molecule has 0 saturated carbocycles. The van der Waals surface area contributed by atoms with Crippen LogP contribution in [-0.4, -0.2) is 46.8 Å². The Morgan fingerprint density at radius 2 is 2.30 bits per heavy atom. The average molecular weight is 298 g/mol. The smallest absolute Gasteiger partial charge is 0.270 e. The van der Waals surface area contributed by atoms with Gasteiger partial charge in [-0.2, -0.15) is 0 Å². The molecule has 20 heavy (non-hydrogen) atoms. The van der Waals surface area contributed by atoms with E-state index in [9.17, 15) is 4.79 Å². The number of fused-ring (bicyclic) bond motifs is 1. The number of ether oxygens (including phenoxy) is 1. The molecule has 2 rings (SSSR count). The molecular weight excluding hydrogens is 282 g/mol. The van der Waals surface area contributed by atoms with Gasteiger partial charge >= 0.3 is 0 Å². The first kappa shape index (κ1) is 14.8. The molecule has 7 heteroatoms. The number of aliphatic hydroxyl groups is 1. The zero-order chi connectivity index (χ0) is 14.5. The lowest BCUT2D eigenvalue weighted by atomic mass is 10.3. The zero-order valence-electron chi connectivity index (χ0n) is 11.1. The summed E-state index contributed by atoms with van der Waals surface area (Å²) in [5.74, 6) is -0.232. The molecule has 0 aliphatic carbocycles. The fourth-order valence-corrected chi connectivity index (χ4v) is 2.06. The van der Waals surface area contributed by atoms with Gasteiger partial charge in [0.25, 0.3) is 5.91 Å². The van der Waals surface area contributed by atoms with Crippen molar-refractivity contribution >= 4 is 23.2 Å². The number of carbonyl (C=O) groups is 1. The third kappa shape index (κ3) is 3.27. The number of hydrogen-bond donors (Lipinski definition) is 2. The van der Waals surface area contributed by atoms with Crippen LogP contribution in [0.1, 0.15) is 16.2 Å². The lowest BCUT2D eigenvalue weighted by Crippen LogP contribution is -2.29. The first-order valence-corrected chi connectivity index (χ1v) is 6.62. The fraction of sp³-hybridized carbons (Fsp3) is 0.385. The summed E-state index contributed by atoms with van der Waals surface area (Å²) in [6.45, 7) is 2.73. The molecule has 0 bridgehead atoms. The van der Waals surface area contributed by atoms with Gasteiger partial charge in [0.1, 0.15) is 11.3 Å². The normalized spacial score (nSPS) is 10.9. The van der Waals surface area contributed by atoms with E-state index in [-0.39, 0.29) is 19.1 Å². The maximum atomic E-state index is 12.2. The Morgan fingerprint density at radius 3 is 3.05 bits per heavy atom. The van der Waals surface area contributed by atoms with Gasteiger partial charge in [-0.3, -0.25) is 9.20 Å². The molecule has 0 unspecified atom stereocenters. The molecule has 1 amide bonds. The number of amides is 1. The van der Waals surface area contributed by atoms with E-state index in [0.717, 1.165) is 0 Å². The van der Waals surface area contributed by atoms with Crippen LogP contribution in [0.2, 0.25) is 5.02 Å². The van der Waals surface area contributed by atoms with Gasteiger partial charge in [-0.15, -0.1) is 0 Å². The summed E-state index contributed by atoms with van der Waals surface area (Å²) in [5.41, 5.74) is 1.78. The van der Waals surface area contributed by atoms with Crippen LogP contribution in [0.25, 0.3) is 5.65 Å². The van der Waals surface area contributed by atoms with Gasteiger partial charge in [0.2, 0.25) is 0 Å². The Kier molecular flexibility index (Phi) is 4.94. The van der Waals surface area contributed by atoms with Crippen molar-refractivity contribution in [2.45, 2.75) is 6.92 Å². The van der Waals surface area contributed by atoms with Crippen molar-refractivity contribution in [1.29, 1.82) is 0 Å². The third-order valence-corrected chi connectivity index (χ3v) is 2.96. The second-order valence-corrected chi connectivity index (χ2v) is 4.65. The Morgan fingerprint density at radius 1 is 1.50 bits per heavy atom. The van der Waals surface area contributed by atoms with E-state index in [1.807, 2.05) is 0 Å². The lowest BCUT2D eigenvalue weighted by molar-refractivity contribution is 0.0834. The van der Waals surface area contributed by atoms with Crippen molar-refractivity contribution in [1.82, 2.24) is 14.7 Å². The second kappa shape index (κ2) is 6.69. The summed E-state index contributed by atoms with van der Waals surface area (Å²) in [7, 11) is 0. The van der Waals surface area contributed by atoms with E-state index in [1.54, 1.807) is 29.7 Å². The van der Waals surface area contributed by atoms with E-state index in [0.29, 0.717) is 35.2 Å². The van der Waals surface area contributed by atoms with Crippen molar-refractivity contribution in [3.63, 3.8) is 0 Å². The highest BCUT2D eigenvalue weighted by molar-refractivity contribution is 6.30.